The minimum absolute atomic E-state index is 0.0160. The summed E-state index contributed by atoms with van der Waals surface area (Å²) in [5.41, 5.74) is 1.78. The molecule has 0 saturated heterocycles. The predicted octanol–water partition coefficient (Wildman–Crippen LogP) is 2.66. The lowest BCUT2D eigenvalue weighted by molar-refractivity contribution is -0.139. The standard InChI is InChI=1S/C19H20N2O5S2/c1-3-13-6-4-5-7-15(13)20-28(24,25)14-8-9-17-16(10-14)21(11-19(23)26-2)18(22)12-27-17/h4-10,20H,3,11-12H2,1-2H3. The van der Waals surface area contributed by atoms with Crippen LogP contribution < -0.4 is 9.62 Å². The van der Waals surface area contributed by atoms with Crippen LogP contribution in [-0.2, 0) is 30.8 Å². The Hall–Kier alpha value is -2.52. The molecule has 1 N–H and O–H groups in total. The Balaban J connectivity index is 1.97. The first-order valence-corrected chi connectivity index (χ1v) is 11.1. The van der Waals surface area contributed by atoms with Gasteiger partial charge in [0.05, 0.1) is 29.1 Å². The molecule has 3 rings (SSSR count). The van der Waals surface area contributed by atoms with Gasteiger partial charge in [0.2, 0.25) is 5.91 Å². The second-order valence-corrected chi connectivity index (χ2v) is 8.79. The van der Waals surface area contributed by atoms with Crippen molar-refractivity contribution in [2.45, 2.75) is 23.1 Å². The van der Waals surface area contributed by atoms with Gasteiger partial charge in [-0.15, -0.1) is 11.8 Å². The van der Waals surface area contributed by atoms with Crippen LogP contribution in [0.25, 0.3) is 0 Å². The molecule has 0 aromatic heterocycles. The summed E-state index contributed by atoms with van der Waals surface area (Å²) in [6, 6.07) is 11.7. The molecule has 0 aliphatic carbocycles. The van der Waals surface area contributed by atoms with Crippen molar-refractivity contribution in [3.63, 3.8) is 0 Å². The van der Waals surface area contributed by atoms with E-state index in [4.69, 9.17) is 0 Å². The fraction of sp³-hybridized carbons (Fsp3) is 0.263. The highest BCUT2D eigenvalue weighted by Crippen LogP contribution is 2.37. The van der Waals surface area contributed by atoms with E-state index in [1.165, 1.54) is 35.9 Å². The van der Waals surface area contributed by atoms with Crippen molar-refractivity contribution >= 4 is 45.0 Å². The summed E-state index contributed by atoms with van der Waals surface area (Å²) in [5, 5.41) is 0. The van der Waals surface area contributed by atoms with E-state index >= 15 is 0 Å². The molecule has 0 atom stereocenters. The molecule has 148 valence electrons. The van der Waals surface area contributed by atoms with Gasteiger partial charge < -0.3 is 4.74 Å². The number of fused-ring (bicyclic) bond motifs is 1. The highest BCUT2D eigenvalue weighted by atomic mass is 32.2. The van der Waals surface area contributed by atoms with Crippen molar-refractivity contribution in [2.24, 2.45) is 0 Å². The zero-order valence-corrected chi connectivity index (χ0v) is 17.1. The minimum Gasteiger partial charge on any atom is -0.468 e. The Morgan fingerprint density at radius 2 is 2.00 bits per heavy atom. The van der Waals surface area contributed by atoms with Crippen LogP contribution in [-0.4, -0.2) is 39.7 Å². The van der Waals surface area contributed by atoms with Gasteiger partial charge in [0.15, 0.2) is 0 Å². The molecule has 0 bridgehead atoms. The Kier molecular flexibility index (Phi) is 5.95. The number of hydrogen-bond donors (Lipinski definition) is 1. The van der Waals surface area contributed by atoms with Crippen LogP contribution in [0.1, 0.15) is 12.5 Å². The van der Waals surface area contributed by atoms with E-state index in [9.17, 15) is 18.0 Å². The van der Waals surface area contributed by atoms with Crippen LogP contribution in [0.15, 0.2) is 52.3 Å². The zero-order valence-electron chi connectivity index (χ0n) is 15.5. The van der Waals surface area contributed by atoms with Gasteiger partial charge in [0.25, 0.3) is 10.0 Å². The number of aryl methyl sites for hydroxylation is 1. The highest BCUT2D eigenvalue weighted by Gasteiger charge is 2.29. The maximum atomic E-state index is 12.9. The first-order valence-electron chi connectivity index (χ1n) is 8.60. The van der Waals surface area contributed by atoms with Crippen molar-refractivity contribution in [3.05, 3.63) is 48.0 Å². The third kappa shape index (κ3) is 4.15. The van der Waals surface area contributed by atoms with E-state index in [0.29, 0.717) is 17.8 Å². The van der Waals surface area contributed by atoms with E-state index in [2.05, 4.69) is 9.46 Å². The molecule has 2 aromatic rings. The number of carbonyl (C=O) groups excluding carboxylic acids is 2. The van der Waals surface area contributed by atoms with Crippen LogP contribution in [0.5, 0.6) is 0 Å². The maximum Gasteiger partial charge on any atom is 0.325 e. The molecular formula is C19H20N2O5S2. The first kappa shape index (κ1) is 20.2. The normalized spacial score (nSPS) is 13.8. The Morgan fingerprint density at radius 1 is 1.25 bits per heavy atom. The average Bonchev–Trinajstić information content (AvgIpc) is 2.69. The molecule has 0 saturated carbocycles. The van der Waals surface area contributed by atoms with E-state index in [0.717, 1.165) is 10.5 Å². The van der Waals surface area contributed by atoms with E-state index < -0.39 is 16.0 Å². The summed E-state index contributed by atoms with van der Waals surface area (Å²) in [4.78, 5) is 26.0. The van der Waals surface area contributed by atoms with Gasteiger partial charge in [-0.3, -0.25) is 19.2 Å². The number of esters is 1. The molecule has 2 aromatic carbocycles. The number of carbonyl (C=O) groups is 2. The molecule has 1 amide bonds. The molecule has 9 heteroatoms. The second-order valence-electron chi connectivity index (χ2n) is 6.09. The molecule has 7 nitrogen and oxygen atoms in total. The summed E-state index contributed by atoms with van der Waals surface area (Å²) < 4.78 is 33.1. The number of ether oxygens (including phenoxy) is 1. The minimum atomic E-state index is -3.87. The second kappa shape index (κ2) is 8.24. The molecule has 0 spiro atoms. The summed E-state index contributed by atoms with van der Waals surface area (Å²) in [5.74, 6) is -0.672. The fourth-order valence-corrected chi connectivity index (χ4v) is 4.88. The molecular weight excluding hydrogens is 400 g/mol. The number of hydrogen-bond acceptors (Lipinski definition) is 6. The summed E-state index contributed by atoms with van der Waals surface area (Å²) in [7, 11) is -2.63. The van der Waals surface area contributed by atoms with Gasteiger partial charge in [0.1, 0.15) is 6.54 Å². The highest BCUT2D eigenvalue weighted by molar-refractivity contribution is 8.00. The molecule has 0 radical (unpaired) electrons. The molecule has 1 heterocycles. The summed E-state index contributed by atoms with van der Waals surface area (Å²) in [6.45, 7) is 1.68. The van der Waals surface area contributed by atoms with Crippen molar-refractivity contribution in [1.82, 2.24) is 0 Å². The maximum absolute atomic E-state index is 12.9. The number of methoxy groups -OCH3 is 1. The number of thioether (sulfide) groups is 1. The number of sulfonamides is 1. The first-order chi connectivity index (χ1) is 13.4. The zero-order chi connectivity index (χ0) is 20.3. The van der Waals surface area contributed by atoms with Crippen LogP contribution in [0, 0.1) is 0 Å². The lowest BCUT2D eigenvalue weighted by Crippen LogP contribution is -2.39. The smallest absolute Gasteiger partial charge is 0.325 e. The average molecular weight is 421 g/mol. The van der Waals surface area contributed by atoms with Crippen molar-refractivity contribution in [3.8, 4) is 0 Å². The quantitative estimate of drug-likeness (QED) is 0.723. The SMILES string of the molecule is CCc1ccccc1NS(=O)(=O)c1ccc2c(c1)N(CC(=O)OC)C(=O)CS2. The van der Waals surface area contributed by atoms with Gasteiger partial charge >= 0.3 is 5.97 Å². The number of nitrogens with zero attached hydrogens (tertiary/aromatic N) is 1. The number of amides is 1. The Labute approximate surface area is 168 Å². The lowest BCUT2D eigenvalue weighted by Gasteiger charge is -2.28. The van der Waals surface area contributed by atoms with Crippen molar-refractivity contribution in [1.29, 1.82) is 0 Å². The van der Waals surface area contributed by atoms with Crippen LogP contribution in [0.2, 0.25) is 0 Å². The molecule has 1 aliphatic rings. The molecule has 0 unspecified atom stereocenters. The summed E-state index contributed by atoms with van der Waals surface area (Å²) >= 11 is 1.31. The topological polar surface area (TPSA) is 92.8 Å². The number of para-hydroxylation sites is 1. The molecule has 0 fully saturated rings. The number of nitrogens with one attached hydrogen (secondary N) is 1. The monoisotopic (exact) mass is 420 g/mol. The van der Waals surface area contributed by atoms with Crippen LogP contribution in [0.3, 0.4) is 0 Å². The van der Waals surface area contributed by atoms with Crippen molar-refractivity contribution in [2.75, 3.05) is 29.0 Å². The molecule has 1 aliphatic heterocycles. The predicted molar refractivity (Wildman–Crippen MR) is 108 cm³/mol. The van der Waals surface area contributed by atoms with Gasteiger partial charge in [-0.2, -0.15) is 0 Å². The van der Waals surface area contributed by atoms with Gasteiger partial charge in [0, 0.05) is 4.90 Å². The van der Waals surface area contributed by atoms with Crippen LogP contribution in [0.4, 0.5) is 11.4 Å². The van der Waals surface area contributed by atoms with E-state index in [1.807, 2.05) is 19.1 Å². The Bertz CT molecular complexity index is 1020. The third-order valence-corrected chi connectivity index (χ3v) is 6.75. The molecule has 28 heavy (non-hydrogen) atoms. The van der Waals surface area contributed by atoms with Crippen molar-refractivity contribution < 1.29 is 22.7 Å². The van der Waals surface area contributed by atoms with Crippen LogP contribution >= 0.6 is 11.8 Å². The summed E-state index contributed by atoms with van der Waals surface area (Å²) in [6.07, 6.45) is 0.681. The largest absolute Gasteiger partial charge is 0.468 e. The number of rotatable bonds is 6. The van der Waals surface area contributed by atoms with E-state index in [1.54, 1.807) is 18.2 Å². The van der Waals surface area contributed by atoms with E-state index in [-0.39, 0.29) is 23.1 Å². The number of anilines is 2. The Morgan fingerprint density at radius 3 is 2.71 bits per heavy atom. The fourth-order valence-electron chi connectivity index (χ4n) is 2.85. The van der Waals surface area contributed by atoms with Gasteiger partial charge in [-0.1, -0.05) is 25.1 Å². The number of benzene rings is 2. The van der Waals surface area contributed by atoms with Gasteiger partial charge in [-0.25, -0.2) is 8.42 Å². The van der Waals surface area contributed by atoms with Gasteiger partial charge in [-0.05, 0) is 36.2 Å². The third-order valence-electron chi connectivity index (χ3n) is 4.34. The lowest BCUT2D eigenvalue weighted by atomic mass is 10.1.